The molecule has 0 spiro atoms. The maximum absolute atomic E-state index is 12.2. The zero-order valence-electron chi connectivity index (χ0n) is 6.74. The van der Waals surface area contributed by atoms with Crippen molar-refractivity contribution in [3.05, 3.63) is 29.1 Å². The van der Waals surface area contributed by atoms with Gasteiger partial charge in [0, 0.05) is 5.56 Å². The van der Waals surface area contributed by atoms with Gasteiger partial charge >= 0.3 is 5.97 Å². The summed E-state index contributed by atoms with van der Waals surface area (Å²) < 4.78 is 24.4. The average Bonchev–Trinajstić information content (AvgIpc) is 2.16. The summed E-state index contributed by atoms with van der Waals surface area (Å²) >= 11 is 0. The Kier molecular flexibility index (Phi) is 2.72. The molecule has 0 saturated carbocycles. The molecule has 0 atom stereocenters. The zero-order chi connectivity index (χ0) is 10.7. The van der Waals surface area contributed by atoms with E-state index in [9.17, 15) is 13.6 Å². The number of pyridine rings is 1. The SMILES string of the molecule is N#Cc1cc(C(F)F)cc(C(=O)O)n1. The molecule has 1 aromatic heterocycles. The maximum atomic E-state index is 12.2. The number of nitriles is 1. The first-order chi connectivity index (χ1) is 6.54. The monoisotopic (exact) mass is 198 g/mol. The lowest BCUT2D eigenvalue weighted by atomic mass is 10.2. The van der Waals surface area contributed by atoms with Crippen LogP contribution in [-0.2, 0) is 0 Å². The van der Waals surface area contributed by atoms with Gasteiger partial charge in [0.25, 0.3) is 6.43 Å². The summed E-state index contributed by atoms with van der Waals surface area (Å²) in [7, 11) is 0. The summed E-state index contributed by atoms with van der Waals surface area (Å²) in [6.45, 7) is 0. The molecule has 0 saturated heterocycles. The first-order valence-electron chi connectivity index (χ1n) is 3.48. The largest absolute Gasteiger partial charge is 0.477 e. The van der Waals surface area contributed by atoms with Gasteiger partial charge in [-0.15, -0.1) is 0 Å². The number of carboxylic acid groups (broad SMARTS) is 1. The Labute approximate surface area is 77.4 Å². The molecule has 0 fully saturated rings. The summed E-state index contributed by atoms with van der Waals surface area (Å²) in [4.78, 5) is 13.8. The second-order valence-electron chi connectivity index (χ2n) is 2.39. The van der Waals surface area contributed by atoms with Gasteiger partial charge in [-0.3, -0.25) is 0 Å². The lowest BCUT2D eigenvalue weighted by molar-refractivity contribution is 0.0690. The van der Waals surface area contributed by atoms with Crippen LogP contribution >= 0.6 is 0 Å². The minimum Gasteiger partial charge on any atom is -0.477 e. The number of alkyl halides is 2. The molecule has 0 unspecified atom stereocenters. The van der Waals surface area contributed by atoms with E-state index >= 15 is 0 Å². The van der Waals surface area contributed by atoms with E-state index in [1.54, 1.807) is 0 Å². The Balaban J connectivity index is 3.29. The highest BCUT2D eigenvalue weighted by Crippen LogP contribution is 2.19. The van der Waals surface area contributed by atoms with Crippen molar-refractivity contribution in [3.63, 3.8) is 0 Å². The molecule has 1 N–H and O–H groups in total. The Morgan fingerprint density at radius 2 is 2.21 bits per heavy atom. The van der Waals surface area contributed by atoms with Gasteiger partial charge in [0.1, 0.15) is 17.5 Å². The molecule has 0 amide bonds. The Hall–Kier alpha value is -2.03. The molecule has 72 valence electrons. The van der Waals surface area contributed by atoms with Gasteiger partial charge in [-0.05, 0) is 12.1 Å². The van der Waals surface area contributed by atoms with Crippen molar-refractivity contribution in [2.24, 2.45) is 0 Å². The minimum atomic E-state index is -2.82. The molecule has 0 aliphatic rings. The highest BCUT2D eigenvalue weighted by Gasteiger charge is 2.14. The number of carbonyl (C=O) groups is 1. The zero-order valence-corrected chi connectivity index (χ0v) is 6.74. The van der Waals surface area contributed by atoms with Crippen molar-refractivity contribution in [2.45, 2.75) is 6.43 Å². The molecule has 0 bridgehead atoms. The quantitative estimate of drug-likeness (QED) is 0.782. The van der Waals surface area contributed by atoms with E-state index in [1.807, 2.05) is 0 Å². The predicted octanol–water partition coefficient (Wildman–Crippen LogP) is 1.59. The molecular formula is C8H4F2N2O2. The van der Waals surface area contributed by atoms with Crippen LogP contribution in [0.2, 0.25) is 0 Å². The van der Waals surface area contributed by atoms with Crippen molar-refractivity contribution in [1.29, 1.82) is 5.26 Å². The summed E-state index contributed by atoms with van der Waals surface area (Å²) in [6.07, 6.45) is -2.82. The molecule has 1 heterocycles. The van der Waals surface area contributed by atoms with Crippen LogP contribution in [0.15, 0.2) is 12.1 Å². The van der Waals surface area contributed by atoms with E-state index in [4.69, 9.17) is 10.4 Å². The Morgan fingerprint density at radius 3 is 2.64 bits per heavy atom. The number of hydrogen-bond acceptors (Lipinski definition) is 3. The van der Waals surface area contributed by atoms with Crippen LogP contribution in [0.5, 0.6) is 0 Å². The molecule has 0 aliphatic heterocycles. The lowest BCUT2D eigenvalue weighted by Crippen LogP contribution is -2.03. The lowest BCUT2D eigenvalue weighted by Gasteiger charge is -2.01. The fraction of sp³-hybridized carbons (Fsp3) is 0.125. The second-order valence-corrected chi connectivity index (χ2v) is 2.39. The highest BCUT2D eigenvalue weighted by molar-refractivity contribution is 5.85. The first-order valence-corrected chi connectivity index (χ1v) is 3.48. The van der Waals surface area contributed by atoms with E-state index in [0.717, 1.165) is 12.1 Å². The van der Waals surface area contributed by atoms with Gasteiger partial charge in [0.2, 0.25) is 0 Å². The third kappa shape index (κ3) is 2.01. The normalized spacial score (nSPS) is 9.86. The van der Waals surface area contributed by atoms with E-state index in [1.165, 1.54) is 6.07 Å². The van der Waals surface area contributed by atoms with Crippen LogP contribution in [0.3, 0.4) is 0 Å². The van der Waals surface area contributed by atoms with Gasteiger partial charge in [-0.1, -0.05) is 0 Å². The first kappa shape index (κ1) is 10.1. The number of aromatic carboxylic acids is 1. The molecule has 1 rings (SSSR count). The fourth-order valence-electron chi connectivity index (χ4n) is 0.845. The number of hydrogen-bond donors (Lipinski definition) is 1. The van der Waals surface area contributed by atoms with Crippen LogP contribution in [0.25, 0.3) is 0 Å². The summed E-state index contributed by atoms with van der Waals surface area (Å²) in [5, 5.41) is 16.9. The van der Waals surface area contributed by atoms with Gasteiger partial charge in [-0.2, -0.15) is 5.26 Å². The molecule has 0 radical (unpaired) electrons. The van der Waals surface area contributed by atoms with E-state index in [0.29, 0.717) is 0 Å². The van der Waals surface area contributed by atoms with Crippen molar-refractivity contribution in [2.75, 3.05) is 0 Å². The van der Waals surface area contributed by atoms with Crippen molar-refractivity contribution < 1.29 is 18.7 Å². The van der Waals surface area contributed by atoms with Crippen LogP contribution in [-0.4, -0.2) is 16.1 Å². The highest BCUT2D eigenvalue weighted by atomic mass is 19.3. The third-order valence-electron chi connectivity index (χ3n) is 1.43. The number of aromatic nitrogens is 1. The Bertz CT molecular complexity index is 412. The van der Waals surface area contributed by atoms with Crippen LogP contribution < -0.4 is 0 Å². The summed E-state index contributed by atoms with van der Waals surface area (Å²) in [6, 6.07) is 3.11. The number of carboxylic acids is 1. The smallest absolute Gasteiger partial charge is 0.354 e. The number of halogens is 2. The molecule has 6 heteroatoms. The minimum absolute atomic E-state index is 0.333. The summed E-state index contributed by atoms with van der Waals surface area (Å²) in [5.74, 6) is -1.44. The molecule has 4 nitrogen and oxygen atoms in total. The van der Waals surface area contributed by atoms with Crippen LogP contribution in [0, 0.1) is 11.3 Å². The fourth-order valence-corrected chi connectivity index (χ4v) is 0.845. The topological polar surface area (TPSA) is 74.0 Å². The van der Waals surface area contributed by atoms with Gasteiger partial charge in [0.15, 0.2) is 0 Å². The van der Waals surface area contributed by atoms with Crippen LogP contribution in [0.1, 0.15) is 28.2 Å². The number of nitrogens with zero attached hydrogens (tertiary/aromatic N) is 2. The molecule has 14 heavy (non-hydrogen) atoms. The van der Waals surface area contributed by atoms with Gasteiger partial charge in [0.05, 0.1) is 0 Å². The molecular weight excluding hydrogens is 194 g/mol. The standard InChI is InChI=1S/C8H4F2N2O2/c9-7(10)4-1-5(3-11)12-6(2-4)8(13)14/h1-2,7H,(H,13,14). The predicted molar refractivity (Wildman–Crippen MR) is 40.9 cm³/mol. The van der Waals surface area contributed by atoms with E-state index in [-0.39, 0.29) is 5.69 Å². The maximum Gasteiger partial charge on any atom is 0.354 e. The summed E-state index contributed by atoms with van der Waals surface area (Å²) in [5.41, 5.74) is -1.41. The van der Waals surface area contributed by atoms with E-state index < -0.39 is 23.7 Å². The van der Waals surface area contributed by atoms with Crippen LogP contribution in [0.4, 0.5) is 8.78 Å². The molecule has 0 aromatic carbocycles. The second kappa shape index (κ2) is 3.79. The van der Waals surface area contributed by atoms with Crippen molar-refractivity contribution in [3.8, 4) is 6.07 Å². The molecule has 0 aliphatic carbocycles. The average molecular weight is 198 g/mol. The number of rotatable bonds is 2. The van der Waals surface area contributed by atoms with Crippen molar-refractivity contribution in [1.82, 2.24) is 4.98 Å². The van der Waals surface area contributed by atoms with Gasteiger partial charge in [-0.25, -0.2) is 18.6 Å². The Morgan fingerprint density at radius 1 is 1.57 bits per heavy atom. The molecule has 1 aromatic rings. The third-order valence-corrected chi connectivity index (χ3v) is 1.43. The van der Waals surface area contributed by atoms with Crippen molar-refractivity contribution >= 4 is 5.97 Å². The van der Waals surface area contributed by atoms with E-state index in [2.05, 4.69) is 4.98 Å². The van der Waals surface area contributed by atoms with Gasteiger partial charge < -0.3 is 5.11 Å².